The van der Waals surface area contributed by atoms with Crippen LogP contribution in [0.2, 0.25) is 5.02 Å². The number of nitrogens with one attached hydrogen (secondary N) is 1. The summed E-state index contributed by atoms with van der Waals surface area (Å²) in [7, 11) is 1.61. The van der Waals surface area contributed by atoms with Crippen LogP contribution in [-0.2, 0) is 0 Å². The number of nitrogens with zero attached hydrogens (tertiary/aromatic N) is 5. The molecule has 0 aliphatic heterocycles. The zero-order valence-electron chi connectivity index (χ0n) is 17.5. The molecule has 156 valence electrons. The molecule has 0 saturated carbocycles. The van der Waals surface area contributed by atoms with E-state index in [2.05, 4.69) is 22.4 Å². The highest BCUT2D eigenvalue weighted by Gasteiger charge is 2.22. The van der Waals surface area contributed by atoms with E-state index in [0.717, 1.165) is 40.4 Å². The van der Waals surface area contributed by atoms with Crippen molar-refractivity contribution in [1.82, 2.24) is 24.7 Å². The normalized spacial score (nSPS) is 12.3. The summed E-state index contributed by atoms with van der Waals surface area (Å²) in [6.45, 7) is 7.75. The maximum Gasteiger partial charge on any atom is 0.249 e. The molecular weight excluding hydrogens is 404 g/mol. The maximum absolute atomic E-state index is 6.55. The molecule has 0 saturated heterocycles. The number of halogens is 1. The molecular formula is C21H23ClN6O2. The number of benzene rings is 1. The van der Waals surface area contributed by atoms with Gasteiger partial charge in [0.25, 0.3) is 0 Å². The molecule has 3 aromatic heterocycles. The number of rotatable bonds is 6. The summed E-state index contributed by atoms with van der Waals surface area (Å²) in [6, 6.07) is 7.40. The summed E-state index contributed by atoms with van der Waals surface area (Å²) in [4.78, 5) is 9.11. The summed E-state index contributed by atoms with van der Waals surface area (Å²) < 4.78 is 12.4. The number of hydrogen-bond acceptors (Lipinski definition) is 7. The topological polar surface area (TPSA) is 90.4 Å². The monoisotopic (exact) mass is 426 g/mol. The van der Waals surface area contributed by atoms with Crippen LogP contribution in [0.3, 0.4) is 0 Å². The fourth-order valence-electron chi connectivity index (χ4n) is 3.46. The first-order valence-corrected chi connectivity index (χ1v) is 10.1. The molecule has 3 heterocycles. The van der Waals surface area contributed by atoms with Crippen molar-refractivity contribution in [3.63, 3.8) is 0 Å². The number of anilines is 1. The molecule has 1 atom stereocenters. The predicted molar refractivity (Wildman–Crippen MR) is 115 cm³/mol. The molecule has 1 aromatic carbocycles. The maximum atomic E-state index is 6.55. The van der Waals surface area contributed by atoms with Crippen molar-refractivity contribution in [1.29, 1.82) is 0 Å². The molecule has 0 amide bonds. The van der Waals surface area contributed by atoms with Crippen molar-refractivity contribution < 1.29 is 9.26 Å². The fourth-order valence-corrected chi connectivity index (χ4v) is 3.72. The number of ether oxygens (including phenoxy) is 1. The molecule has 0 radical (unpaired) electrons. The van der Waals surface area contributed by atoms with Crippen LogP contribution in [0.1, 0.15) is 42.5 Å². The van der Waals surface area contributed by atoms with Gasteiger partial charge < -0.3 is 14.6 Å². The highest BCUT2D eigenvalue weighted by atomic mass is 35.5. The smallest absolute Gasteiger partial charge is 0.249 e. The molecule has 0 bridgehead atoms. The molecule has 1 unspecified atom stereocenters. The first kappa shape index (κ1) is 20.2. The Balaban J connectivity index is 1.83. The molecule has 1 N–H and O–H groups in total. The lowest BCUT2D eigenvalue weighted by Crippen LogP contribution is -2.14. The van der Waals surface area contributed by atoms with E-state index < -0.39 is 0 Å². The molecule has 0 spiro atoms. The Kier molecular flexibility index (Phi) is 5.34. The number of fused-ring (bicyclic) bond motifs is 1. The quantitative estimate of drug-likeness (QED) is 0.467. The van der Waals surface area contributed by atoms with Gasteiger partial charge in [0.05, 0.1) is 23.4 Å². The summed E-state index contributed by atoms with van der Waals surface area (Å²) in [5.41, 5.74) is 4.14. The van der Waals surface area contributed by atoms with Crippen molar-refractivity contribution in [2.24, 2.45) is 0 Å². The van der Waals surface area contributed by atoms with Gasteiger partial charge >= 0.3 is 0 Å². The lowest BCUT2D eigenvalue weighted by Gasteiger charge is -2.15. The van der Waals surface area contributed by atoms with E-state index in [1.807, 2.05) is 32.0 Å². The summed E-state index contributed by atoms with van der Waals surface area (Å²) >= 11 is 6.55. The van der Waals surface area contributed by atoms with Crippen molar-refractivity contribution in [3.05, 3.63) is 52.4 Å². The van der Waals surface area contributed by atoms with Crippen LogP contribution < -0.4 is 10.1 Å². The van der Waals surface area contributed by atoms with Crippen LogP contribution in [0.25, 0.3) is 16.8 Å². The van der Waals surface area contributed by atoms with Gasteiger partial charge in [-0.05, 0) is 45.4 Å². The standard InChI is InChI=1S/C21H23ClN6O2/c1-6-17(21-24-13(4)27-30-21)25-18-9-11(2)23-20-19(12(3)26-28(18)20)15-8-7-14(29-5)10-16(15)22/h7-10,17,25H,6H2,1-5H3. The van der Waals surface area contributed by atoms with Crippen molar-refractivity contribution >= 4 is 23.1 Å². The van der Waals surface area contributed by atoms with Crippen molar-refractivity contribution in [2.75, 3.05) is 12.4 Å². The van der Waals surface area contributed by atoms with Gasteiger partial charge in [-0.3, -0.25) is 0 Å². The minimum atomic E-state index is -0.145. The van der Waals surface area contributed by atoms with Crippen LogP contribution in [0.15, 0.2) is 28.8 Å². The fraction of sp³-hybridized carbons (Fsp3) is 0.333. The Hall–Kier alpha value is -3.13. The van der Waals surface area contributed by atoms with Gasteiger partial charge in [0.15, 0.2) is 11.5 Å². The Labute approximate surface area is 179 Å². The number of hydrogen-bond donors (Lipinski definition) is 1. The second kappa shape index (κ2) is 7.95. The van der Waals surface area contributed by atoms with Crippen LogP contribution in [0.5, 0.6) is 5.75 Å². The molecule has 4 rings (SSSR count). The zero-order valence-corrected chi connectivity index (χ0v) is 18.3. The molecule has 0 fully saturated rings. The average molecular weight is 427 g/mol. The van der Waals surface area contributed by atoms with E-state index in [4.69, 9.17) is 30.9 Å². The number of aromatic nitrogens is 5. The Bertz CT molecular complexity index is 1220. The van der Waals surface area contributed by atoms with Crippen molar-refractivity contribution in [2.45, 2.75) is 40.2 Å². The van der Waals surface area contributed by atoms with Crippen LogP contribution in [0, 0.1) is 20.8 Å². The SMILES string of the molecule is CCC(Nc1cc(C)nc2c(-c3ccc(OC)cc3Cl)c(C)nn12)c1nc(C)no1. The van der Waals surface area contributed by atoms with Gasteiger partial charge in [0, 0.05) is 17.3 Å². The third kappa shape index (κ3) is 3.59. The molecule has 9 heteroatoms. The summed E-state index contributed by atoms with van der Waals surface area (Å²) in [5.74, 6) is 2.64. The zero-order chi connectivity index (χ0) is 21.4. The van der Waals surface area contributed by atoms with Gasteiger partial charge in [-0.15, -0.1) is 0 Å². The highest BCUT2D eigenvalue weighted by Crippen LogP contribution is 2.36. The van der Waals surface area contributed by atoms with Crippen LogP contribution >= 0.6 is 11.6 Å². The predicted octanol–water partition coefficient (Wildman–Crippen LogP) is 4.93. The second-order valence-corrected chi connectivity index (χ2v) is 7.52. The molecule has 0 aliphatic carbocycles. The Morgan fingerprint density at radius 2 is 2.00 bits per heavy atom. The van der Waals surface area contributed by atoms with Gasteiger partial charge in [-0.2, -0.15) is 14.6 Å². The molecule has 30 heavy (non-hydrogen) atoms. The van der Waals surface area contributed by atoms with Gasteiger partial charge in [-0.25, -0.2) is 4.98 Å². The first-order valence-electron chi connectivity index (χ1n) is 9.68. The lowest BCUT2D eigenvalue weighted by molar-refractivity contribution is 0.356. The number of aryl methyl sites for hydroxylation is 3. The highest BCUT2D eigenvalue weighted by molar-refractivity contribution is 6.33. The van der Waals surface area contributed by atoms with Crippen molar-refractivity contribution in [3.8, 4) is 16.9 Å². The largest absolute Gasteiger partial charge is 0.497 e. The molecule has 0 aliphatic rings. The lowest BCUT2D eigenvalue weighted by atomic mass is 10.1. The van der Waals surface area contributed by atoms with E-state index in [9.17, 15) is 0 Å². The van der Waals surface area contributed by atoms with E-state index in [1.165, 1.54) is 0 Å². The van der Waals surface area contributed by atoms with Gasteiger partial charge in [-0.1, -0.05) is 23.7 Å². The average Bonchev–Trinajstić information content (AvgIpc) is 3.29. The van der Waals surface area contributed by atoms with E-state index >= 15 is 0 Å². The van der Waals surface area contributed by atoms with Crippen LogP contribution in [0.4, 0.5) is 5.82 Å². The molecule has 4 aromatic rings. The Morgan fingerprint density at radius 3 is 2.63 bits per heavy atom. The molecule has 8 nitrogen and oxygen atoms in total. The second-order valence-electron chi connectivity index (χ2n) is 7.11. The van der Waals surface area contributed by atoms with E-state index in [1.54, 1.807) is 24.6 Å². The Morgan fingerprint density at radius 1 is 1.20 bits per heavy atom. The summed E-state index contributed by atoms with van der Waals surface area (Å²) in [5, 5.41) is 12.7. The van der Waals surface area contributed by atoms with E-state index in [0.29, 0.717) is 22.5 Å². The first-order chi connectivity index (χ1) is 14.4. The summed E-state index contributed by atoms with van der Waals surface area (Å²) in [6.07, 6.45) is 0.766. The third-order valence-electron chi connectivity index (χ3n) is 4.91. The third-order valence-corrected chi connectivity index (χ3v) is 5.22. The van der Waals surface area contributed by atoms with E-state index in [-0.39, 0.29) is 6.04 Å². The minimum absolute atomic E-state index is 0.145. The van der Waals surface area contributed by atoms with Gasteiger partial charge in [0.2, 0.25) is 5.89 Å². The van der Waals surface area contributed by atoms with Gasteiger partial charge in [0.1, 0.15) is 17.6 Å². The minimum Gasteiger partial charge on any atom is -0.497 e. The van der Waals surface area contributed by atoms with Crippen LogP contribution in [-0.4, -0.2) is 31.8 Å². The number of methoxy groups -OCH3 is 1.